The molecule has 6 aliphatic rings. The summed E-state index contributed by atoms with van der Waals surface area (Å²) in [5.41, 5.74) is 1.52. The fourth-order valence-electron chi connectivity index (χ4n) is 6.64. The van der Waals surface area contributed by atoms with E-state index in [0.29, 0.717) is 0 Å². The van der Waals surface area contributed by atoms with E-state index in [4.69, 9.17) is 0 Å². The van der Waals surface area contributed by atoms with Gasteiger partial charge in [-0.25, -0.2) is 19.2 Å². The second-order valence-corrected chi connectivity index (χ2v) is 9.23. The molecule has 6 heterocycles. The van der Waals surface area contributed by atoms with Crippen molar-refractivity contribution in [2.75, 3.05) is 28.2 Å². The number of fused-ring (bicyclic) bond motifs is 4. The van der Waals surface area contributed by atoms with Crippen LogP contribution >= 0.6 is 0 Å². The predicted molar refractivity (Wildman–Crippen MR) is 107 cm³/mol. The van der Waals surface area contributed by atoms with Crippen LogP contribution in [0.3, 0.4) is 0 Å². The van der Waals surface area contributed by atoms with E-state index in [9.17, 15) is 19.2 Å². The molecule has 0 atom stereocenters. The summed E-state index contributed by atoms with van der Waals surface area (Å²) in [4.78, 5) is 67.1. The first-order valence-electron chi connectivity index (χ1n) is 10.6. The minimum absolute atomic E-state index is 0.255. The van der Waals surface area contributed by atoms with Crippen LogP contribution in [0.1, 0.15) is 23.5 Å². The summed E-state index contributed by atoms with van der Waals surface area (Å²) >= 11 is 0. The second kappa shape index (κ2) is 5.19. The zero-order valence-corrected chi connectivity index (χ0v) is 18.0. The van der Waals surface area contributed by atoms with Crippen molar-refractivity contribution in [3.8, 4) is 0 Å². The lowest BCUT2D eigenvalue weighted by molar-refractivity contribution is -0.0644. The molecule has 7 rings (SSSR count). The summed E-state index contributed by atoms with van der Waals surface area (Å²) in [6.07, 6.45) is -3.79. The maximum Gasteiger partial charge on any atom is 0.325 e. The van der Waals surface area contributed by atoms with Crippen LogP contribution in [0, 0.1) is 0 Å². The molecule has 0 aromatic heterocycles. The highest BCUT2D eigenvalue weighted by Gasteiger charge is 2.71. The number of carbonyl (C=O) groups excluding carboxylic acids is 4. The topological polar surface area (TPSA) is 94.2 Å². The fraction of sp³-hybridized carbons (Fsp3) is 0.500. The molecule has 0 aliphatic carbocycles. The van der Waals surface area contributed by atoms with Gasteiger partial charge in [0.1, 0.15) is 24.7 Å². The molecule has 4 fully saturated rings. The average molecular weight is 438 g/mol. The minimum atomic E-state index is -0.739. The minimum Gasteiger partial charge on any atom is -0.303 e. The average Bonchev–Trinajstić information content (AvgIpc) is 3.29. The third-order valence-corrected chi connectivity index (χ3v) is 7.96. The third-order valence-electron chi connectivity index (χ3n) is 7.96. The van der Waals surface area contributed by atoms with Crippen molar-refractivity contribution < 1.29 is 19.2 Å². The quantitative estimate of drug-likeness (QED) is 0.589. The Morgan fingerprint density at radius 2 is 0.781 bits per heavy atom. The van der Waals surface area contributed by atoms with Crippen molar-refractivity contribution in [1.82, 2.24) is 39.2 Å². The number of benzene rings is 1. The molecule has 32 heavy (non-hydrogen) atoms. The van der Waals surface area contributed by atoms with E-state index in [2.05, 4.69) is 0 Å². The normalized spacial score (nSPS) is 36.5. The number of rotatable bonds is 0. The standard InChI is InChI=1S/C20H22N8O4/c1-21-13-15-25(17(21)29)11-9-7-5-6-8-10(9)12(26(15)18(30)22(13)2)28-16-14(24(4)20(28)32)23(3)19(31)27(11)16/h5-8,11-16H,1-4H3. The number of urea groups is 4. The van der Waals surface area contributed by atoms with E-state index in [1.165, 1.54) is 0 Å². The van der Waals surface area contributed by atoms with Crippen molar-refractivity contribution >= 4 is 24.1 Å². The molecule has 0 radical (unpaired) electrons. The highest BCUT2D eigenvalue weighted by Crippen LogP contribution is 2.56. The van der Waals surface area contributed by atoms with Gasteiger partial charge < -0.3 is 19.6 Å². The number of likely N-dealkylation sites (N-methyl/N-ethyl adjacent to an activating group) is 4. The SMILES string of the molecule is CN1C(=O)N2C3c4ccccc4C(N4C(=O)N(C)C1C24)N1C(=O)N(C)C2C1N3C(=O)N2C. The maximum absolute atomic E-state index is 13.6. The van der Waals surface area contributed by atoms with Crippen LogP contribution in [0.5, 0.6) is 0 Å². The molecule has 1 aromatic rings. The highest BCUT2D eigenvalue weighted by atomic mass is 16.2. The van der Waals surface area contributed by atoms with Gasteiger partial charge in [-0.3, -0.25) is 19.6 Å². The molecule has 8 amide bonds. The molecule has 0 spiro atoms. The Hall–Kier alpha value is -3.70. The van der Waals surface area contributed by atoms with E-state index >= 15 is 0 Å². The van der Waals surface area contributed by atoms with Crippen LogP contribution in [-0.4, -0.2) is 116 Å². The van der Waals surface area contributed by atoms with Gasteiger partial charge in [0, 0.05) is 39.3 Å². The molecule has 12 heteroatoms. The van der Waals surface area contributed by atoms with Crippen molar-refractivity contribution in [2.45, 2.75) is 37.0 Å². The maximum atomic E-state index is 13.6. The molecule has 4 saturated heterocycles. The van der Waals surface area contributed by atoms with Gasteiger partial charge in [-0.2, -0.15) is 0 Å². The van der Waals surface area contributed by atoms with Crippen molar-refractivity contribution in [3.63, 3.8) is 0 Å². The van der Waals surface area contributed by atoms with Gasteiger partial charge in [-0.1, -0.05) is 24.3 Å². The molecule has 166 valence electrons. The number of hydrogen-bond donors (Lipinski definition) is 0. The molecule has 0 unspecified atom stereocenters. The fourth-order valence-corrected chi connectivity index (χ4v) is 6.64. The number of hydrogen-bond acceptors (Lipinski definition) is 4. The van der Waals surface area contributed by atoms with Gasteiger partial charge in [0.25, 0.3) is 0 Å². The molecule has 2 bridgehead atoms. The second-order valence-electron chi connectivity index (χ2n) is 9.23. The lowest BCUT2D eigenvalue weighted by Crippen LogP contribution is -2.61. The number of nitrogens with zero attached hydrogens (tertiary/aromatic N) is 8. The Morgan fingerprint density at radius 1 is 0.500 bits per heavy atom. The summed E-state index contributed by atoms with van der Waals surface area (Å²) in [7, 11) is 6.69. The summed E-state index contributed by atoms with van der Waals surface area (Å²) < 4.78 is 0. The lowest BCUT2D eigenvalue weighted by atomic mass is 10.0. The molecule has 0 N–H and O–H groups in total. The molecular formula is C20H22N8O4. The van der Waals surface area contributed by atoms with Gasteiger partial charge in [0.15, 0.2) is 12.3 Å². The van der Waals surface area contributed by atoms with E-state index in [1.807, 2.05) is 24.3 Å². The highest BCUT2D eigenvalue weighted by molar-refractivity contribution is 5.90. The van der Waals surface area contributed by atoms with Gasteiger partial charge >= 0.3 is 24.1 Å². The van der Waals surface area contributed by atoms with Crippen LogP contribution in [0.15, 0.2) is 24.3 Å². The largest absolute Gasteiger partial charge is 0.325 e. The Kier molecular flexibility index (Phi) is 2.91. The smallest absolute Gasteiger partial charge is 0.303 e. The van der Waals surface area contributed by atoms with Gasteiger partial charge in [0.05, 0.1) is 0 Å². The molecular weight excluding hydrogens is 416 g/mol. The van der Waals surface area contributed by atoms with Crippen molar-refractivity contribution in [3.05, 3.63) is 35.4 Å². The lowest BCUT2D eigenvalue weighted by Gasteiger charge is -2.45. The van der Waals surface area contributed by atoms with Crippen molar-refractivity contribution in [1.29, 1.82) is 0 Å². The number of amides is 8. The molecule has 12 nitrogen and oxygen atoms in total. The Morgan fingerprint density at radius 3 is 1.06 bits per heavy atom. The van der Waals surface area contributed by atoms with Crippen molar-refractivity contribution in [2.24, 2.45) is 0 Å². The molecule has 1 aromatic carbocycles. The van der Waals surface area contributed by atoms with Gasteiger partial charge in [0.2, 0.25) is 0 Å². The van der Waals surface area contributed by atoms with Crippen LogP contribution in [0.2, 0.25) is 0 Å². The zero-order chi connectivity index (χ0) is 22.4. The first kappa shape index (κ1) is 17.9. The Labute approximate surface area is 183 Å². The summed E-state index contributed by atoms with van der Waals surface area (Å²) in [6.45, 7) is 0. The first-order valence-corrected chi connectivity index (χ1v) is 10.6. The molecule has 6 aliphatic heterocycles. The first-order chi connectivity index (χ1) is 15.3. The summed E-state index contributed by atoms with van der Waals surface area (Å²) in [5, 5.41) is 0. The monoisotopic (exact) mass is 438 g/mol. The Balaban J connectivity index is 1.59. The summed E-state index contributed by atoms with van der Waals surface area (Å²) in [5.74, 6) is 0. The van der Waals surface area contributed by atoms with Gasteiger partial charge in [-0.05, 0) is 0 Å². The van der Waals surface area contributed by atoms with E-state index in [0.717, 1.165) is 11.1 Å². The molecule has 0 saturated carbocycles. The Bertz CT molecular complexity index is 995. The number of carbonyl (C=O) groups is 4. The predicted octanol–water partition coefficient (Wildman–Crippen LogP) is 0.485. The summed E-state index contributed by atoms with van der Waals surface area (Å²) in [6, 6.07) is 6.48. The van der Waals surface area contributed by atoms with Gasteiger partial charge in [-0.15, -0.1) is 0 Å². The van der Waals surface area contributed by atoms with Crippen LogP contribution in [0.25, 0.3) is 0 Å². The third kappa shape index (κ3) is 1.58. The van der Waals surface area contributed by atoms with Crippen LogP contribution in [0.4, 0.5) is 19.2 Å². The van der Waals surface area contributed by atoms with E-state index < -0.39 is 37.0 Å². The zero-order valence-electron chi connectivity index (χ0n) is 18.0. The van der Waals surface area contributed by atoms with E-state index in [-0.39, 0.29) is 24.1 Å². The van der Waals surface area contributed by atoms with Crippen LogP contribution < -0.4 is 0 Å². The van der Waals surface area contributed by atoms with Crippen LogP contribution in [-0.2, 0) is 0 Å². The van der Waals surface area contributed by atoms with E-state index in [1.54, 1.807) is 67.4 Å².